The molecule has 0 atom stereocenters. The lowest BCUT2D eigenvalue weighted by atomic mass is 10.1. The average Bonchev–Trinajstić information content (AvgIpc) is 3.11. The Labute approximate surface area is 147 Å². The van der Waals surface area contributed by atoms with Gasteiger partial charge >= 0.3 is 6.18 Å². The van der Waals surface area contributed by atoms with Crippen LogP contribution in [0.1, 0.15) is 16.8 Å². The summed E-state index contributed by atoms with van der Waals surface area (Å²) in [7, 11) is 1.46. The third-order valence-electron chi connectivity index (χ3n) is 3.82. The first-order valence-electron chi connectivity index (χ1n) is 7.30. The predicted molar refractivity (Wildman–Crippen MR) is 90.6 cm³/mol. The zero-order valence-corrected chi connectivity index (χ0v) is 14.2. The molecule has 3 rings (SSSR count). The van der Waals surface area contributed by atoms with E-state index < -0.39 is 11.7 Å². The highest BCUT2D eigenvalue weighted by molar-refractivity contribution is 6.32. The molecule has 2 heterocycles. The van der Waals surface area contributed by atoms with Crippen molar-refractivity contribution >= 4 is 17.7 Å². The van der Waals surface area contributed by atoms with Crippen LogP contribution in [-0.4, -0.2) is 19.6 Å². The van der Waals surface area contributed by atoms with Crippen LogP contribution >= 0.6 is 11.6 Å². The van der Waals surface area contributed by atoms with E-state index in [1.165, 1.54) is 35.7 Å². The minimum absolute atomic E-state index is 0.0949. The molecule has 4 nitrogen and oxygen atoms in total. The van der Waals surface area contributed by atoms with E-state index in [0.29, 0.717) is 10.6 Å². The lowest BCUT2D eigenvalue weighted by Gasteiger charge is -2.09. The number of aryl methyl sites for hydroxylation is 2. The zero-order valence-electron chi connectivity index (χ0n) is 13.5. The number of benzene rings is 1. The minimum atomic E-state index is -4.52. The number of nitrogens with zero attached hydrogens (tertiary/aromatic N) is 4. The van der Waals surface area contributed by atoms with Crippen molar-refractivity contribution in [2.24, 2.45) is 7.05 Å². The number of aromatic nitrogens is 4. The van der Waals surface area contributed by atoms with E-state index in [9.17, 15) is 13.2 Å². The van der Waals surface area contributed by atoms with Gasteiger partial charge in [-0.1, -0.05) is 30.3 Å². The molecule has 0 saturated carbocycles. The standard InChI is InChI=1S/C17H14ClF3N4/c1-4-11-7-12(5-6-14(11)18)13-8-22-25(9-13)16-15(17(19,20)21)10(2)23-24(16)3/h4-9H,1H2,2-3H3. The van der Waals surface area contributed by atoms with Gasteiger partial charge in [0.2, 0.25) is 0 Å². The maximum Gasteiger partial charge on any atom is 0.421 e. The quantitative estimate of drug-likeness (QED) is 0.661. The second kappa shape index (κ2) is 6.07. The topological polar surface area (TPSA) is 35.6 Å². The largest absolute Gasteiger partial charge is 0.421 e. The van der Waals surface area contributed by atoms with Crippen LogP contribution in [0.25, 0.3) is 23.0 Å². The summed E-state index contributed by atoms with van der Waals surface area (Å²) in [5.41, 5.74) is 1.28. The van der Waals surface area contributed by atoms with Crippen LogP contribution < -0.4 is 0 Å². The van der Waals surface area contributed by atoms with E-state index in [1.54, 1.807) is 24.3 Å². The lowest BCUT2D eigenvalue weighted by Crippen LogP contribution is -2.13. The summed E-state index contributed by atoms with van der Waals surface area (Å²) in [6.07, 6.45) is 0.124. The van der Waals surface area contributed by atoms with Crippen molar-refractivity contribution in [2.45, 2.75) is 13.1 Å². The molecule has 0 aliphatic heterocycles. The molecule has 0 radical (unpaired) electrons. The van der Waals surface area contributed by atoms with E-state index >= 15 is 0 Å². The molecule has 2 aromatic heterocycles. The summed E-state index contributed by atoms with van der Waals surface area (Å²) in [5, 5.41) is 8.51. The van der Waals surface area contributed by atoms with Gasteiger partial charge in [0, 0.05) is 23.8 Å². The van der Waals surface area contributed by atoms with E-state index in [4.69, 9.17) is 11.6 Å². The number of hydrogen-bond donors (Lipinski definition) is 0. The summed E-state index contributed by atoms with van der Waals surface area (Å²) in [5.74, 6) is -0.130. The molecule has 25 heavy (non-hydrogen) atoms. The van der Waals surface area contributed by atoms with Gasteiger partial charge < -0.3 is 0 Å². The predicted octanol–water partition coefficient (Wildman–Crippen LogP) is 4.90. The summed E-state index contributed by atoms with van der Waals surface area (Å²) in [6.45, 7) is 5.02. The summed E-state index contributed by atoms with van der Waals surface area (Å²) < 4.78 is 42.4. The molecule has 0 amide bonds. The van der Waals surface area contributed by atoms with Gasteiger partial charge in [-0.2, -0.15) is 23.4 Å². The van der Waals surface area contributed by atoms with E-state index in [2.05, 4.69) is 16.8 Å². The maximum atomic E-state index is 13.4. The van der Waals surface area contributed by atoms with Gasteiger partial charge in [-0.3, -0.25) is 4.68 Å². The fourth-order valence-corrected chi connectivity index (χ4v) is 2.90. The van der Waals surface area contributed by atoms with Crippen LogP contribution in [0.3, 0.4) is 0 Å². The second-order valence-electron chi connectivity index (χ2n) is 5.52. The molecular formula is C17H14ClF3N4. The highest BCUT2D eigenvalue weighted by Gasteiger charge is 2.39. The Morgan fingerprint density at radius 1 is 1.24 bits per heavy atom. The van der Waals surface area contributed by atoms with E-state index in [0.717, 1.165) is 11.1 Å². The number of hydrogen-bond acceptors (Lipinski definition) is 2. The Bertz CT molecular complexity index is 953. The van der Waals surface area contributed by atoms with Crippen molar-refractivity contribution in [2.75, 3.05) is 0 Å². The Morgan fingerprint density at radius 3 is 2.60 bits per heavy atom. The Balaban J connectivity index is 2.11. The van der Waals surface area contributed by atoms with E-state index in [1.807, 2.05) is 0 Å². The van der Waals surface area contributed by atoms with Crippen LogP contribution in [0.15, 0.2) is 37.2 Å². The van der Waals surface area contributed by atoms with Gasteiger partial charge in [0.1, 0.15) is 5.56 Å². The zero-order chi connectivity index (χ0) is 18.4. The molecule has 0 bridgehead atoms. The molecule has 0 unspecified atom stereocenters. The third kappa shape index (κ3) is 3.07. The SMILES string of the molecule is C=Cc1cc(-c2cnn(-c3c(C(F)(F)F)c(C)nn3C)c2)ccc1Cl. The van der Waals surface area contributed by atoms with Crippen LogP contribution in [-0.2, 0) is 13.2 Å². The molecule has 0 spiro atoms. The van der Waals surface area contributed by atoms with Gasteiger partial charge in [-0.25, -0.2) is 4.68 Å². The molecule has 0 N–H and O–H groups in total. The number of alkyl halides is 3. The first-order chi connectivity index (χ1) is 11.7. The van der Waals surface area contributed by atoms with Crippen molar-refractivity contribution in [3.05, 3.63) is 59.0 Å². The van der Waals surface area contributed by atoms with Gasteiger partial charge in [0.05, 0.1) is 11.9 Å². The van der Waals surface area contributed by atoms with Crippen LogP contribution in [0.2, 0.25) is 5.02 Å². The summed E-state index contributed by atoms with van der Waals surface area (Å²) >= 11 is 6.05. The second-order valence-corrected chi connectivity index (χ2v) is 5.93. The third-order valence-corrected chi connectivity index (χ3v) is 4.17. The van der Waals surface area contributed by atoms with E-state index in [-0.39, 0.29) is 11.5 Å². The van der Waals surface area contributed by atoms with Gasteiger partial charge in [0.15, 0.2) is 5.82 Å². The Hall–Kier alpha value is -2.54. The highest BCUT2D eigenvalue weighted by Crippen LogP contribution is 2.36. The molecule has 8 heteroatoms. The van der Waals surface area contributed by atoms with Crippen molar-refractivity contribution in [1.82, 2.24) is 19.6 Å². The van der Waals surface area contributed by atoms with Crippen LogP contribution in [0.4, 0.5) is 13.2 Å². The first kappa shape index (κ1) is 17.3. The van der Waals surface area contributed by atoms with Crippen molar-refractivity contribution in [3.63, 3.8) is 0 Å². The van der Waals surface area contributed by atoms with Crippen molar-refractivity contribution in [3.8, 4) is 16.9 Å². The summed E-state index contributed by atoms with van der Waals surface area (Å²) in [4.78, 5) is 0. The molecule has 3 aromatic rings. The van der Waals surface area contributed by atoms with Gasteiger partial charge in [-0.15, -0.1) is 0 Å². The normalized spacial score (nSPS) is 11.8. The Kier molecular flexibility index (Phi) is 4.20. The van der Waals surface area contributed by atoms with Gasteiger partial charge in [0.25, 0.3) is 0 Å². The monoisotopic (exact) mass is 366 g/mol. The summed E-state index contributed by atoms with van der Waals surface area (Å²) in [6, 6.07) is 5.28. The first-order valence-corrected chi connectivity index (χ1v) is 7.68. The van der Waals surface area contributed by atoms with Crippen LogP contribution in [0, 0.1) is 6.92 Å². The Morgan fingerprint density at radius 2 is 1.96 bits per heavy atom. The molecule has 0 aliphatic rings. The minimum Gasteiger partial charge on any atom is -0.250 e. The average molecular weight is 367 g/mol. The maximum absolute atomic E-state index is 13.4. The molecule has 0 saturated heterocycles. The number of rotatable bonds is 3. The molecule has 130 valence electrons. The van der Waals surface area contributed by atoms with Gasteiger partial charge in [-0.05, 0) is 30.2 Å². The lowest BCUT2D eigenvalue weighted by molar-refractivity contribution is -0.138. The highest BCUT2D eigenvalue weighted by atomic mass is 35.5. The molecule has 0 aliphatic carbocycles. The molecular weight excluding hydrogens is 353 g/mol. The van der Waals surface area contributed by atoms with Crippen LogP contribution in [0.5, 0.6) is 0 Å². The fraction of sp³-hybridized carbons (Fsp3) is 0.176. The smallest absolute Gasteiger partial charge is 0.250 e. The van der Waals surface area contributed by atoms with Crippen molar-refractivity contribution in [1.29, 1.82) is 0 Å². The number of halogens is 4. The fourth-order valence-electron chi connectivity index (χ4n) is 2.71. The molecule has 0 fully saturated rings. The van der Waals surface area contributed by atoms with Crippen molar-refractivity contribution < 1.29 is 13.2 Å². The molecule has 1 aromatic carbocycles.